The number of rotatable bonds is 5. The molecule has 0 radical (unpaired) electrons. The van der Waals surface area contributed by atoms with Gasteiger partial charge in [0.1, 0.15) is 11.5 Å². The molecular weight excluding hydrogens is 386 g/mol. The lowest BCUT2D eigenvalue weighted by Crippen LogP contribution is -2.56. The van der Waals surface area contributed by atoms with E-state index in [-0.39, 0.29) is 23.9 Å². The summed E-state index contributed by atoms with van der Waals surface area (Å²) in [5.41, 5.74) is 2.50. The fraction of sp³-hybridized carbons (Fsp3) is 0.476. The zero-order chi connectivity index (χ0) is 21.1. The van der Waals surface area contributed by atoms with Crippen molar-refractivity contribution in [3.63, 3.8) is 0 Å². The number of aromatic nitrogens is 2. The molecule has 0 saturated carbocycles. The van der Waals surface area contributed by atoms with Gasteiger partial charge in [0, 0.05) is 43.4 Å². The van der Waals surface area contributed by atoms with Crippen LogP contribution in [-0.2, 0) is 16.8 Å². The molecule has 1 aromatic heterocycles. The summed E-state index contributed by atoms with van der Waals surface area (Å²) in [5, 5.41) is 6.32. The number of likely N-dealkylation sites (tertiary alicyclic amines) is 1. The van der Waals surface area contributed by atoms with E-state index in [9.17, 15) is 9.59 Å². The van der Waals surface area contributed by atoms with Gasteiger partial charge >= 0.3 is 0 Å². The van der Waals surface area contributed by atoms with Crippen LogP contribution in [0.25, 0.3) is 0 Å². The summed E-state index contributed by atoms with van der Waals surface area (Å²) < 4.78 is 10.4. The van der Waals surface area contributed by atoms with Gasteiger partial charge in [-0.1, -0.05) is 0 Å². The summed E-state index contributed by atoms with van der Waals surface area (Å²) in [4.78, 5) is 34.7. The summed E-state index contributed by atoms with van der Waals surface area (Å²) >= 11 is 0. The van der Waals surface area contributed by atoms with Gasteiger partial charge in [-0.15, -0.1) is 0 Å². The number of carbonyl (C=O) groups excluding carboxylic acids is 2. The maximum absolute atomic E-state index is 12.7. The van der Waals surface area contributed by atoms with E-state index in [2.05, 4.69) is 20.6 Å². The molecule has 9 heteroatoms. The highest BCUT2D eigenvalue weighted by molar-refractivity contribution is 5.97. The Bertz CT molecular complexity index is 911. The second-order valence-electron chi connectivity index (χ2n) is 7.65. The number of amides is 2. The number of nitrogens with one attached hydrogen (secondary N) is 3. The van der Waals surface area contributed by atoms with Gasteiger partial charge in [0.05, 0.1) is 38.3 Å². The molecule has 3 heterocycles. The maximum Gasteiger partial charge on any atom is 0.251 e. The fourth-order valence-electron chi connectivity index (χ4n) is 4.29. The first-order chi connectivity index (χ1) is 14.5. The van der Waals surface area contributed by atoms with Crippen LogP contribution in [0.1, 0.15) is 34.6 Å². The number of aromatic amines is 1. The lowest BCUT2D eigenvalue weighted by molar-refractivity contribution is -0.132. The first kappa shape index (κ1) is 20.2. The monoisotopic (exact) mass is 413 g/mol. The Hall–Kier alpha value is -3.07. The van der Waals surface area contributed by atoms with Crippen LogP contribution in [0.3, 0.4) is 0 Å². The molecule has 1 fully saturated rings. The smallest absolute Gasteiger partial charge is 0.251 e. The van der Waals surface area contributed by atoms with Gasteiger partial charge in [-0.25, -0.2) is 4.98 Å². The lowest BCUT2D eigenvalue weighted by atomic mass is 9.80. The Morgan fingerprint density at radius 2 is 1.87 bits per heavy atom. The van der Waals surface area contributed by atoms with E-state index in [4.69, 9.17) is 9.47 Å². The lowest BCUT2D eigenvalue weighted by Gasteiger charge is -2.44. The number of ether oxygens (including phenoxy) is 2. The highest BCUT2D eigenvalue weighted by Gasteiger charge is 2.41. The Balaban J connectivity index is 1.33. The SMILES string of the molecule is COc1cc(OC)cc(C(=O)NCC(=O)N2CCC3(CC2)NCCc2[nH]cnc23)c1. The second-order valence-corrected chi connectivity index (χ2v) is 7.65. The van der Waals surface area contributed by atoms with Gasteiger partial charge in [0.15, 0.2) is 0 Å². The number of methoxy groups -OCH3 is 2. The van der Waals surface area contributed by atoms with Crippen LogP contribution in [-0.4, -0.2) is 67.1 Å². The molecule has 1 saturated heterocycles. The van der Waals surface area contributed by atoms with Gasteiger partial charge < -0.3 is 30.0 Å². The molecule has 4 rings (SSSR count). The van der Waals surface area contributed by atoms with Crippen LogP contribution in [0.4, 0.5) is 0 Å². The molecule has 0 unspecified atom stereocenters. The van der Waals surface area contributed by atoms with Crippen molar-refractivity contribution in [3.05, 3.63) is 41.5 Å². The average molecular weight is 413 g/mol. The number of piperidine rings is 1. The van der Waals surface area contributed by atoms with Gasteiger partial charge in [-0.05, 0) is 25.0 Å². The van der Waals surface area contributed by atoms with E-state index in [1.807, 2.05) is 0 Å². The summed E-state index contributed by atoms with van der Waals surface area (Å²) in [6.45, 7) is 2.11. The van der Waals surface area contributed by atoms with Crippen LogP contribution in [0.5, 0.6) is 11.5 Å². The molecule has 1 spiro atoms. The predicted molar refractivity (Wildman–Crippen MR) is 110 cm³/mol. The minimum absolute atomic E-state index is 0.0492. The standard InChI is InChI=1S/C21H27N5O4/c1-29-15-9-14(10-16(11-15)30-2)20(28)22-12-18(27)26-7-4-21(5-8-26)19-17(3-6-25-21)23-13-24-19/h9-11,13,25H,3-8,12H2,1-2H3,(H,22,28)(H,23,24). The number of imidazole rings is 1. The quantitative estimate of drug-likeness (QED) is 0.670. The third kappa shape index (κ3) is 3.85. The second kappa shape index (κ2) is 8.35. The van der Waals surface area contributed by atoms with Crippen molar-refractivity contribution in [1.82, 2.24) is 25.5 Å². The molecule has 30 heavy (non-hydrogen) atoms. The van der Waals surface area contributed by atoms with Crippen molar-refractivity contribution < 1.29 is 19.1 Å². The highest BCUT2D eigenvalue weighted by atomic mass is 16.5. The molecule has 3 N–H and O–H groups in total. The largest absolute Gasteiger partial charge is 0.497 e. The topological polar surface area (TPSA) is 109 Å². The minimum Gasteiger partial charge on any atom is -0.497 e. The molecule has 2 aliphatic rings. The Labute approximate surface area is 175 Å². The van der Waals surface area contributed by atoms with Crippen LogP contribution in [0, 0.1) is 0 Å². The van der Waals surface area contributed by atoms with E-state index in [1.165, 1.54) is 19.9 Å². The van der Waals surface area contributed by atoms with Crippen molar-refractivity contribution in [3.8, 4) is 11.5 Å². The van der Waals surface area contributed by atoms with Gasteiger partial charge in [-0.3, -0.25) is 9.59 Å². The number of hydrogen-bond donors (Lipinski definition) is 3. The van der Waals surface area contributed by atoms with E-state index in [1.54, 1.807) is 29.4 Å². The third-order valence-electron chi connectivity index (χ3n) is 5.99. The predicted octanol–water partition coefficient (Wildman–Crippen LogP) is 0.820. The van der Waals surface area contributed by atoms with Crippen molar-refractivity contribution in [2.45, 2.75) is 24.8 Å². The molecule has 0 aliphatic carbocycles. The summed E-state index contributed by atoms with van der Waals surface area (Å²) in [6, 6.07) is 4.92. The number of nitrogens with zero attached hydrogens (tertiary/aromatic N) is 2. The van der Waals surface area contributed by atoms with E-state index < -0.39 is 0 Å². The Kier molecular flexibility index (Phi) is 5.63. The molecule has 2 aliphatic heterocycles. The van der Waals surface area contributed by atoms with Crippen molar-refractivity contribution >= 4 is 11.8 Å². The molecule has 2 aromatic rings. The van der Waals surface area contributed by atoms with Crippen LogP contribution in [0.15, 0.2) is 24.5 Å². The molecule has 2 amide bonds. The summed E-state index contributed by atoms with van der Waals surface area (Å²) in [6.07, 6.45) is 4.30. The van der Waals surface area contributed by atoms with Crippen molar-refractivity contribution in [2.24, 2.45) is 0 Å². The molecule has 0 bridgehead atoms. The number of hydrogen-bond acceptors (Lipinski definition) is 6. The van der Waals surface area contributed by atoms with E-state index in [0.717, 1.165) is 31.5 Å². The zero-order valence-electron chi connectivity index (χ0n) is 17.3. The Morgan fingerprint density at radius 3 is 2.53 bits per heavy atom. The highest BCUT2D eigenvalue weighted by Crippen LogP contribution is 2.35. The van der Waals surface area contributed by atoms with Gasteiger partial charge in [0.25, 0.3) is 5.91 Å². The van der Waals surface area contributed by atoms with Gasteiger partial charge in [-0.2, -0.15) is 0 Å². The normalized spacial score (nSPS) is 17.3. The molecular formula is C21H27N5O4. The molecule has 1 aromatic carbocycles. The third-order valence-corrected chi connectivity index (χ3v) is 5.99. The summed E-state index contributed by atoms with van der Waals surface area (Å²) in [5.74, 6) is 0.602. The van der Waals surface area contributed by atoms with Crippen LogP contribution >= 0.6 is 0 Å². The summed E-state index contributed by atoms with van der Waals surface area (Å²) in [7, 11) is 3.05. The van der Waals surface area contributed by atoms with Crippen LogP contribution in [0.2, 0.25) is 0 Å². The van der Waals surface area contributed by atoms with Crippen molar-refractivity contribution in [2.75, 3.05) is 40.4 Å². The van der Waals surface area contributed by atoms with E-state index in [0.29, 0.717) is 30.2 Å². The average Bonchev–Trinajstić information content (AvgIpc) is 3.28. The number of benzene rings is 1. The van der Waals surface area contributed by atoms with Crippen LogP contribution < -0.4 is 20.1 Å². The molecule has 9 nitrogen and oxygen atoms in total. The maximum atomic E-state index is 12.7. The number of fused-ring (bicyclic) bond motifs is 2. The minimum atomic E-state index is -0.343. The fourth-order valence-corrected chi connectivity index (χ4v) is 4.29. The zero-order valence-corrected chi connectivity index (χ0v) is 17.3. The first-order valence-corrected chi connectivity index (χ1v) is 10.1. The molecule has 0 atom stereocenters. The molecule has 160 valence electrons. The van der Waals surface area contributed by atoms with E-state index >= 15 is 0 Å². The number of carbonyl (C=O) groups is 2. The Morgan fingerprint density at radius 1 is 1.17 bits per heavy atom. The number of H-pyrrole nitrogens is 1. The van der Waals surface area contributed by atoms with Gasteiger partial charge in [0.2, 0.25) is 5.91 Å². The van der Waals surface area contributed by atoms with Crippen molar-refractivity contribution in [1.29, 1.82) is 0 Å². The first-order valence-electron chi connectivity index (χ1n) is 10.1.